The maximum absolute atomic E-state index is 5.81. The molecule has 1 aromatic heterocycles. The van der Waals surface area contributed by atoms with Gasteiger partial charge in [-0.3, -0.25) is 5.10 Å². The molecule has 0 aliphatic rings. The molecule has 4 heteroatoms. The minimum atomic E-state index is 0.670. The Morgan fingerprint density at radius 1 is 1.05 bits per heavy atom. The van der Waals surface area contributed by atoms with Crippen LogP contribution in [0.25, 0.3) is 22.5 Å². The van der Waals surface area contributed by atoms with E-state index >= 15 is 0 Å². The molecule has 2 aromatic carbocycles. The van der Waals surface area contributed by atoms with Gasteiger partial charge in [-0.05, 0) is 55.0 Å². The van der Waals surface area contributed by atoms with Crippen LogP contribution in [0.5, 0.6) is 5.75 Å². The van der Waals surface area contributed by atoms with Crippen LogP contribution < -0.4 is 10.5 Å². The van der Waals surface area contributed by atoms with Gasteiger partial charge in [-0.2, -0.15) is 5.10 Å². The minimum absolute atomic E-state index is 0.670. The second-order valence-corrected chi connectivity index (χ2v) is 4.75. The van der Waals surface area contributed by atoms with Crippen LogP contribution in [0.3, 0.4) is 0 Å². The number of nitrogens with two attached hydrogens (primary N) is 1. The number of rotatable bonds is 4. The van der Waals surface area contributed by atoms with Gasteiger partial charge in [-0.15, -0.1) is 0 Å². The lowest BCUT2D eigenvalue weighted by Gasteiger charge is -2.03. The van der Waals surface area contributed by atoms with E-state index in [1.54, 1.807) is 0 Å². The molecule has 0 aliphatic heterocycles. The highest BCUT2D eigenvalue weighted by Gasteiger charge is 2.06. The lowest BCUT2D eigenvalue weighted by Crippen LogP contribution is -1.90. The summed E-state index contributed by atoms with van der Waals surface area (Å²) in [5, 5.41) is 7.41. The van der Waals surface area contributed by atoms with E-state index in [2.05, 4.69) is 10.2 Å². The van der Waals surface area contributed by atoms with Crippen LogP contribution in [0.15, 0.2) is 54.6 Å². The van der Waals surface area contributed by atoms with Gasteiger partial charge in [-0.25, -0.2) is 0 Å². The van der Waals surface area contributed by atoms with Crippen LogP contribution in [0.2, 0.25) is 0 Å². The molecule has 0 radical (unpaired) electrons. The van der Waals surface area contributed by atoms with Crippen LogP contribution >= 0.6 is 0 Å². The molecule has 1 heterocycles. The van der Waals surface area contributed by atoms with E-state index in [4.69, 9.17) is 10.5 Å². The van der Waals surface area contributed by atoms with Gasteiger partial charge in [-0.1, -0.05) is 12.1 Å². The monoisotopic (exact) mass is 279 g/mol. The predicted octanol–water partition coefficient (Wildman–Crippen LogP) is 3.72. The molecule has 3 aromatic rings. The Morgan fingerprint density at radius 3 is 2.57 bits per heavy atom. The molecule has 0 aliphatic carbocycles. The van der Waals surface area contributed by atoms with E-state index in [1.807, 2.05) is 61.5 Å². The molecule has 4 nitrogen and oxygen atoms in total. The van der Waals surface area contributed by atoms with Crippen molar-refractivity contribution in [3.05, 3.63) is 54.6 Å². The van der Waals surface area contributed by atoms with Crippen molar-refractivity contribution < 1.29 is 4.74 Å². The third-order valence-corrected chi connectivity index (χ3v) is 3.24. The largest absolute Gasteiger partial charge is 0.494 e. The standard InChI is InChI=1S/C17H17N3O/c1-2-21-15-8-6-12(7-9-15)16-11-17(20-19-16)13-4-3-5-14(18)10-13/h3-11H,2,18H2,1H3,(H,19,20). The minimum Gasteiger partial charge on any atom is -0.494 e. The summed E-state index contributed by atoms with van der Waals surface area (Å²) in [7, 11) is 0. The maximum Gasteiger partial charge on any atom is 0.119 e. The average Bonchev–Trinajstić information content (AvgIpc) is 2.98. The molecule has 3 N–H and O–H groups in total. The van der Waals surface area contributed by atoms with E-state index in [9.17, 15) is 0 Å². The first-order valence-electron chi connectivity index (χ1n) is 6.91. The van der Waals surface area contributed by atoms with Crippen LogP contribution in [-0.4, -0.2) is 16.8 Å². The Labute approximate surface area is 123 Å². The number of aromatic amines is 1. The molecular weight excluding hydrogens is 262 g/mol. The summed E-state index contributed by atoms with van der Waals surface area (Å²) in [5.41, 5.74) is 10.5. The van der Waals surface area contributed by atoms with Gasteiger partial charge in [0.15, 0.2) is 0 Å². The van der Waals surface area contributed by atoms with Crippen LogP contribution in [0, 0.1) is 0 Å². The third-order valence-electron chi connectivity index (χ3n) is 3.24. The second-order valence-electron chi connectivity index (χ2n) is 4.75. The predicted molar refractivity (Wildman–Crippen MR) is 85.0 cm³/mol. The molecule has 0 spiro atoms. The average molecular weight is 279 g/mol. The number of benzene rings is 2. The van der Waals surface area contributed by atoms with Crippen molar-refractivity contribution in [1.29, 1.82) is 0 Å². The smallest absolute Gasteiger partial charge is 0.119 e. The number of nitrogen functional groups attached to an aromatic ring is 1. The highest BCUT2D eigenvalue weighted by atomic mass is 16.5. The molecule has 0 bridgehead atoms. The van der Waals surface area contributed by atoms with E-state index in [-0.39, 0.29) is 0 Å². The Hall–Kier alpha value is -2.75. The first-order valence-corrected chi connectivity index (χ1v) is 6.91. The Morgan fingerprint density at radius 2 is 1.86 bits per heavy atom. The van der Waals surface area contributed by atoms with Crippen molar-refractivity contribution in [2.24, 2.45) is 0 Å². The Bertz CT molecular complexity index is 732. The van der Waals surface area contributed by atoms with Gasteiger partial charge in [0.2, 0.25) is 0 Å². The van der Waals surface area contributed by atoms with Gasteiger partial charge < -0.3 is 10.5 Å². The van der Waals surface area contributed by atoms with Crippen molar-refractivity contribution in [3.8, 4) is 28.3 Å². The van der Waals surface area contributed by atoms with Crippen molar-refractivity contribution in [3.63, 3.8) is 0 Å². The SMILES string of the molecule is CCOc1ccc(-c2cc(-c3cccc(N)c3)n[nH]2)cc1. The fourth-order valence-corrected chi connectivity index (χ4v) is 2.21. The number of hydrogen-bond acceptors (Lipinski definition) is 3. The summed E-state index contributed by atoms with van der Waals surface area (Å²) >= 11 is 0. The number of nitrogens with zero attached hydrogens (tertiary/aromatic N) is 1. The first kappa shape index (κ1) is 13.2. The number of aromatic nitrogens is 2. The summed E-state index contributed by atoms with van der Waals surface area (Å²) in [6.45, 7) is 2.64. The van der Waals surface area contributed by atoms with E-state index in [1.165, 1.54) is 0 Å². The normalized spacial score (nSPS) is 10.5. The fourth-order valence-electron chi connectivity index (χ4n) is 2.21. The molecule has 0 unspecified atom stereocenters. The van der Waals surface area contributed by atoms with E-state index in [0.717, 1.165) is 34.0 Å². The van der Waals surface area contributed by atoms with Crippen molar-refractivity contribution in [2.45, 2.75) is 6.92 Å². The summed E-state index contributed by atoms with van der Waals surface area (Å²) in [5.74, 6) is 0.872. The maximum atomic E-state index is 5.81. The topological polar surface area (TPSA) is 63.9 Å². The van der Waals surface area contributed by atoms with Crippen molar-refractivity contribution in [2.75, 3.05) is 12.3 Å². The highest BCUT2D eigenvalue weighted by molar-refractivity contribution is 5.70. The van der Waals surface area contributed by atoms with Gasteiger partial charge in [0.1, 0.15) is 5.75 Å². The number of H-pyrrole nitrogens is 1. The fraction of sp³-hybridized carbons (Fsp3) is 0.118. The molecular formula is C17H17N3O. The second kappa shape index (κ2) is 5.71. The quantitative estimate of drug-likeness (QED) is 0.715. The lowest BCUT2D eigenvalue weighted by atomic mass is 10.1. The van der Waals surface area contributed by atoms with Gasteiger partial charge >= 0.3 is 0 Å². The molecule has 106 valence electrons. The van der Waals surface area contributed by atoms with Crippen molar-refractivity contribution in [1.82, 2.24) is 10.2 Å². The first-order chi connectivity index (χ1) is 10.3. The zero-order valence-electron chi connectivity index (χ0n) is 11.8. The third kappa shape index (κ3) is 2.89. The number of anilines is 1. The Balaban J connectivity index is 1.87. The van der Waals surface area contributed by atoms with Gasteiger partial charge in [0.25, 0.3) is 0 Å². The number of hydrogen-bond donors (Lipinski definition) is 2. The molecule has 21 heavy (non-hydrogen) atoms. The summed E-state index contributed by atoms with van der Waals surface area (Å²) in [6.07, 6.45) is 0. The molecule has 0 atom stereocenters. The highest BCUT2D eigenvalue weighted by Crippen LogP contribution is 2.26. The number of nitrogens with one attached hydrogen (secondary N) is 1. The van der Waals surface area contributed by atoms with Crippen LogP contribution in [-0.2, 0) is 0 Å². The summed E-state index contributed by atoms with van der Waals surface area (Å²) in [6, 6.07) is 17.7. The zero-order chi connectivity index (χ0) is 14.7. The van der Waals surface area contributed by atoms with Crippen LogP contribution in [0.1, 0.15) is 6.92 Å². The van der Waals surface area contributed by atoms with Crippen LogP contribution in [0.4, 0.5) is 5.69 Å². The summed E-state index contributed by atoms with van der Waals surface area (Å²) < 4.78 is 5.44. The zero-order valence-corrected chi connectivity index (χ0v) is 11.8. The molecule has 0 saturated carbocycles. The van der Waals surface area contributed by atoms with Gasteiger partial charge in [0, 0.05) is 11.3 Å². The summed E-state index contributed by atoms with van der Waals surface area (Å²) in [4.78, 5) is 0. The van der Waals surface area contributed by atoms with Crippen molar-refractivity contribution >= 4 is 5.69 Å². The lowest BCUT2D eigenvalue weighted by molar-refractivity contribution is 0.340. The molecule has 0 amide bonds. The molecule has 0 fully saturated rings. The van der Waals surface area contributed by atoms with E-state index < -0.39 is 0 Å². The number of ether oxygens (including phenoxy) is 1. The van der Waals surface area contributed by atoms with E-state index in [0.29, 0.717) is 6.61 Å². The van der Waals surface area contributed by atoms with Gasteiger partial charge in [0.05, 0.1) is 18.0 Å². The Kier molecular flexibility index (Phi) is 3.60. The molecule has 0 saturated heterocycles. The molecule has 3 rings (SSSR count).